The van der Waals surface area contributed by atoms with Crippen LogP contribution in [-0.2, 0) is 32.0 Å². The summed E-state index contributed by atoms with van der Waals surface area (Å²) >= 11 is 0. The summed E-state index contributed by atoms with van der Waals surface area (Å²) in [5, 5.41) is 29.9. The molecule has 2 saturated heterocycles. The van der Waals surface area contributed by atoms with Crippen LogP contribution in [0.5, 0.6) is 0 Å². The van der Waals surface area contributed by atoms with Gasteiger partial charge in [-0.15, -0.1) is 0 Å². The monoisotopic (exact) mass is 546 g/mol. The fourth-order valence-electron chi connectivity index (χ4n) is 3.50. The molecule has 0 aliphatic carbocycles. The molecule has 3 heterocycles. The number of nitrogens with one attached hydrogen (secondary N) is 1. The van der Waals surface area contributed by atoms with Crippen molar-refractivity contribution >= 4 is 15.6 Å². The first-order valence-corrected chi connectivity index (χ1v) is 13.2. The number of H-pyrrole nitrogens is 1. The number of ether oxygens (including phenoxy) is 2. The van der Waals surface area contributed by atoms with Crippen LogP contribution in [0.3, 0.4) is 0 Å². The highest BCUT2D eigenvalue weighted by molar-refractivity contribution is 7.59. The quantitative estimate of drug-likeness (QED) is 0.193. The lowest BCUT2D eigenvalue weighted by Crippen LogP contribution is -2.77. The van der Waals surface area contributed by atoms with Gasteiger partial charge in [-0.05, 0) is 13.8 Å². The van der Waals surface area contributed by atoms with Crippen LogP contribution in [0.1, 0.15) is 25.1 Å². The lowest BCUT2D eigenvalue weighted by molar-refractivity contribution is -0.485. The van der Waals surface area contributed by atoms with Gasteiger partial charge >= 0.3 is 5.69 Å². The SMILES string of the molecule is Cc1cn([C@H]2C[C@H](O)[C@@H](COP(=O)([O-])OP(=O)([O-])O[C@H]3O[C@H](C)[C@@H](O)[C@H]([NH3+])[C@H]3O)O2)c(=O)[nH]c1=O. The molecule has 200 valence electrons. The van der Waals surface area contributed by atoms with E-state index in [2.05, 4.69) is 24.1 Å². The first-order valence-electron chi connectivity index (χ1n) is 10.3. The molecule has 17 nitrogen and oxygen atoms in total. The third-order valence-corrected chi connectivity index (χ3v) is 8.01. The first-order chi connectivity index (χ1) is 16.1. The number of aryl methyl sites for hydroxylation is 1. The van der Waals surface area contributed by atoms with Crippen molar-refractivity contribution in [2.24, 2.45) is 0 Å². The van der Waals surface area contributed by atoms with Gasteiger partial charge in [-0.2, -0.15) is 0 Å². The second-order valence-corrected chi connectivity index (χ2v) is 11.1. The molecule has 19 heteroatoms. The fourth-order valence-corrected chi connectivity index (χ4v) is 5.59. The van der Waals surface area contributed by atoms with Gasteiger partial charge < -0.3 is 44.8 Å². The van der Waals surface area contributed by atoms with Crippen LogP contribution < -0.4 is 26.8 Å². The Bertz CT molecular complexity index is 1130. The number of phosphoric acid groups is 2. The van der Waals surface area contributed by atoms with Crippen LogP contribution in [0.2, 0.25) is 0 Å². The molecule has 35 heavy (non-hydrogen) atoms. The summed E-state index contributed by atoms with van der Waals surface area (Å²) in [4.78, 5) is 49.6. The smallest absolute Gasteiger partial charge is 0.330 e. The minimum Gasteiger partial charge on any atom is -0.756 e. The summed E-state index contributed by atoms with van der Waals surface area (Å²) in [6.45, 7) is 1.90. The maximum atomic E-state index is 12.1. The lowest BCUT2D eigenvalue weighted by atomic mass is 9.98. The predicted octanol–water partition coefficient (Wildman–Crippen LogP) is -4.44. The zero-order valence-corrected chi connectivity index (χ0v) is 20.3. The minimum absolute atomic E-state index is 0.167. The number of quaternary nitrogens is 1. The van der Waals surface area contributed by atoms with E-state index in [1.165, 1.54) is 20.0 Å². The second kappa shape index (κ2) is 10.6. The number of phosphoric ester groups is 2. The molecule has 0 aromatic carbocycles. The van der Waals surface area contributed by atoms with E-state index >= 15 is 0 Å². The van der Waals surface area contributed by atoms with E-state index in [1.807, 2.05) is 0 Å². The molecular formula is C16H26N3O14P2-. The Kier molecular flexibility index (Phi) is 8.56. The van der Waals surface area contributed by atoms with Gasteiger partial charge in [-0.1, -0.05) is 0 Å². The maximum absolute atomic E-state index is 12.1. The number of aliphatic hydroxyl groups is 3. The molecule has 2 aliphatic heterocycles. The molecule has 7 N–H and O–H groups in total. The van der Waals surface area contributed by atoms with E-state index in [0.29, 0.717) is 0 Å². The molecule has 0 radical (unpaired) electrons. The molecule has 1 aromatic heterocycles. The number of aliphatic hydroxyl groups excluding tert-OH is 3. The van der Waals surface area contributed by atoms with Gasteiger partial charge in [0.2, 0.25) is 0 Å². The molecule has 0 saturated carbocycles. The number of nitrogens with zero attached hydrogens (tertiary/aromatic N) is 1. The summed E-state index contributed by atoms with van der Waals surface area (Å²) in [5.41, 5.74) is 2.24. The standard InChI is InChI=1S/C16H27N3O14P2/c1-6-4-19(16(24)18-14(6)23)10-3-8(20)9(31-10)5-29-34(25,26)33-35(27,28)32-15-13(22)11(17)12(21)7(2)30-15/h4,7-13,15,20-22H,3,5,17H2,1-2H3,(H,25,26)(H,27,28)(H,18,23,24)/p-1/t7-,8+,9-,10-,11+,12-,13-,15-/m1/s1. The van der Waals surface area contributed by atoms with Crippen LogP contribution in [0.4, 0.5) is 0 Å². The Morgan fingerprint density at radius 1 is 1.20 bits per heavy atom. The Morgan fingerprint density at radius 2 is 1.86 bits per heavy atom. The van der Waals surface area contributed by atoms with Gasteiger partial charge in [0.25, 0.3) is 21.2 Å². The van der Waals surface area contributed by atoms with Crippen LogP contribution in [0, 0.1) is 6.92 Å². The van der Waals surface area contributed by atoms with Crippen molar-refractivity contribution in [2.45, 2.75) is 69.3 Å². The largest absolute Gasteiger partial charge is 0.756 e. The summed E-state index contributed by atoms with van der Waals surface area (Å²) in [7, 11) is -11.3. The molecule has 0 spiro atoms. The molecule has 2 fully saturated rings. The van der Waals surface area contributed by atoms with Crippen molar-refractivity contribution in [3.05, 3.63) is 32.6 Å². The van der Waals surface area contributed by atoms with Crippen molar-refractivity contribution in [3.63, 3.8) is 0 Å². The Labute approximate surface area is 197 Å². The lowest BCUT2D eigenvalue weighted by Gasteiger charge is -2.40. The highest BCUT2D eigenvalue weighted by Gasteiger charge is 2.46. The normalized spacial score (nSPS) is 37.0. The van der Waals surface area contributed by atoms with Crippen molar-refractivity contribution in [1.82, 2.24) is 9.55 Å². The maximum Gasteiger partial charge on any atom is 0.330 e. The number of hydrogen-bond acceptors (Lipinski definition) is 14. The molecule has 0 amide bonds. The van der Waals surface area contributed by atoms with Gasteiger partial charge in [0.05, 0.1) is 18.8 Å². The average molecular weight is 546 g/mol. The Morgan fingerprint density at radius 3 is 2.51 bits per heavy atom. The van der Waals surface area contributed by atoms with E-state index in [-0.39, 0.29) is 12.0 Å². The predicted molar refractivity (Wildman–Crippen MR) is 107 cm³/mol. The average Bonchev–Trinajstić information content (AvgIpc) is 3.11. The van der Waals surface area contributed by atoms with Crippen molar-refractivity contribution < 1.29 is 62.8 Å². The van der Waals surface area contributed by atoms with E-state index in [1.54, 1.807) is 0 Å². The summed E-state index contributed by atoms with van der Waals surface area (Å²) in [6.07, 6.45) is -8.52. The summed E-state index contributed by atoms with van der Waals surface area (Å²) in [5.74, 6) is 0. The van der Waals surface area contributed by atoms with Crippen LogP contribution >= 0.6 is 15.6 Å². The van der Waals surface area contributed by atoms with Gasteiger partial charge in [-0.25, -0.2) is 9.11 Å². The minimum atomic E-state index is -5.67. The number of hydrogen-bond donors (Lipinski definition) is 5. The van der Waals surface area contributed by atoms with Crippen molar-refractivity contribution in [3.8, 4) is 0 Å². The van der Waals surface area contributed by atoms with Crippen LogP contribution in [-0.4, -0.2) is 74.3 Å². The van der Waals surface area contributed by atoms with E-state index in [4.69, 9.17) is 9.47 Å². The zero-order valence-electron chi connectivity index (χ0n) is 18.5. The van der Waals surface area contributed by atoms with Crippen LogP contribution in [0.15, 0.2) is 15.8 Å². The number of rotatable bonds is 8. The Hall–Kier alpha value is -1.30. The van der Waals surface area contributed by atoms with E-state index in [9.17, 15) is 43.8 Å². The molecule has 0 bridgehead atoms. The third-order valence-electron chi connectivity index (χ3n) is 5.48. The first kappa shape index (κ1) is 28.3. The summed E-state index contributed by atoms with van der Waals surface area (Å²) in [6, 6.07) is -1.10. The van der Waals surface area contributed by atoms with Gasteiger partial charge in [0.1, 0.15) is 24.5 Å². The second-order valence-electron chi connectivity index (χ2n) is 8.14. The highest BCUT2D eigenvalue weighted by Crippen LogP contribution is 2.56. The van der Waals surface area contributed by atoms with E-state index < -0.39 is 82.6 Å². The molecule has 3 rings (SSSR count). The van der Waals surface area contributed by atoms with Crippen molar-refractivity contribution in [2.75, 3.05) is 6.61 Å². The number of aromatic amines is 1. The molecule has 1 aromatic rings. The summed E-state index contributed by atoms with van der Waals surface area (Å²) < 4.78 is 48.5. The van der Waals surface area contributed by atoms with Gasteiger partial charge in [-0.3, -0.25) is 28.0 Å². The van der Waals surface area contributed by atoms with Gasteiger partial charge in [0.15, 0.2) is 12.4 Å². The Balaban J connectivity index is 1.59. The molecule has 10 atom stereocenters. The third kappa shape index (κ3) is 6.72. The van der Waals surface area contributed by atoms with Crippen molar-refractivity contribution in [1.29, 1.82) is 0 Å². The highest BCUT2D eigenvalue weighted by atomic mass is 31.3. The molecule has 2 unspecified atom stereocenters. The van der Waals surface area contributed by atoms with E-state index in [0.717, 1.165) is 4.57 Å². The topological polar surface area (TPSA) is 270 Å². The fraction of sp³-hybridized carbons (Fsp3) is 0.750. The zero-order chi connectivity index (χ0) is 26.3. The molecular weight excluding hydrogens is 520 g/mol. The number of aromatic nitrogens is 2. The van der Waals surface area contributed by atoms with Crippen LogP contribution in [0.25, 0.3) is 0 Å². The van der Waals surface area contributed by atoms with Gasteiger partial charge in [0, 0.05) is 18.2 Å². The molecule has 2 aliphatic rings.